The van der Waals surface area contributed by atoms with Crippen LogP contribution in [0.3, 0.4) is 0 Å². The van der Waals surface area contributed by atoms with Gasteiger partial charge < -0.3 is 14.8 Å². The van der Waals surface area contributed by atoms with Crippen molar-refractivity contribution in [2.75, 3.05) is 6.61 Å². The van der Waals surface area contributed by atoms with Crippen molar-refractivity contribution in [1.82, 2.24) is 19.7 Å². The second-order valence-corrected chi connectivity index (χ2v) is 6.83. The van der Waals surface area contributed by atoms with E-state index in [2.05, 4.69) is 41.3 Å². The van der Waals surface area contributed by atoms with Crippen LogP contribution in [0.2, 0.25) is 0 Å². The number of fused-ring (bicyclic) bond motifs is 1. The van der Waals surface area contributed by atoms with Crippen molar-refractivity contribution in [3.63, 3.8) is 0 Å². The fourth-order valence-electron chi connectivity index (χ4n) is 2.66. The summed E-state index contributed by atoms with van der Waals surface area (Å²) < 4.78 is 2.53. The van der Waals surface area contributed by atoms with Crippen LogP contribution in [-0.4, -0.2) is 36.6 Å². The summed E-state index contributed by atoms with van der Waals surface area (Å²) in [4.78, 5) is 4.36. The number of azo groups is 1. The van der Waals surface area contributed by atoms with Gasteiger partial charge >= 0.3 is 0 Å². The minimum Gasteiger partial charge on any atom is -0.493 e. The van der Waals surface area contributed by atoms with Crippen molar-refractivity contribution in [2.45, 2.75) is 6.92 Å². The Hall–Kier alpha value is -3.17. The molecule has 2 N–H and O–H groups in total. The summed E-state index contributed by atoms with van der Waals surface area (Å²) in [6.45, 7) is 1.93. The molecule has 2 heterocycles. The third kappa shape index (κ3) is 4.64. The van der Waals surface area contributed by atoms with Gasteiger partial charge in [0.05, 0.1) is 17.4 Å². The average molecular weight is 455 g/mol. The van der Waals surface area contributed by atoms with Gasteiger partial charge in [-0.05, 0) is 25.1 Å². The first kappa shape index (κ1) is 20.6. The van der Waals surface area contributed by atoms with Crippen LogP contribution in [0.1, 0.15) is 6.92 Å². The van der Waals surface area contributed by atoms with E-state index in [0.29, 0.717) is 11.4 Å². The fraction of sp³-hybridized carbons (Fsp3) is 0.150. The van der Waals surface area contributed by atoms with Gasteiger partial charge in [-0.15, -0.1) is 15.3 Å². The minimum absolute atomic E-state index is 0.0222. The maximum absolute atomic E-state index is 10.4. The molecule has 0 atom stereocenters. The van der Waals surface area contributed by atoms with Gasteiger partial charge in [-0.3, -0.25) is 0 Å². The number of hydrogen-bond acceptors (Lipinski definition) is 7. The maximum Gasteiger partial charge on any atom is 0.288 e. The van der Waals surface area contributed by atoms with E-state index < -0.39 is 0 Å². The Morgan fingerprint density at radius 2 is 1.83 bits per heavy atom. The van der Waals surface area contributed by atoms with Gasteiger partial charge in [-0.2, -0.15) is 5.10 Å². The van der Waals surface area contributed by atoms with Crippen molar-refractivity contribution in [3.05, 3.63) is 59.2 Å². The summed E-state index contributed by atoms with van der Waals surface area (Å²) in [7, 11) is 1.76. The molecular weight excluding hydrogens is 436 g/mol. The molecule has 4 rings (SSSR count). The smallest absolute Gasteiger partial charge is 0.288 e. The van der Waals surface area contributed by atoms with Crippen LogP contribution >= 0.6 is 15.9 Å². The molecule has 0 spiro atoms. The van der Waals surface area contributed by atoms with Crippen LogP contribution in [-0.2, 0) is 7.05 Å². The largest absolute Gasteiger partial charge is 0.493 e. The third-order valence-electron chi connectivity index (χ3n) is 3.96. The van der Waals surface area contributed by atoms with Crippen molar-refractivity contribution in [1.29, 1.82) is 0 Å². The molecule has 2 aromatic heterocycles. The van der Waals surface area contributed by atoms with Gasteiger partial charge in [-0.25, -0.2) is 4.98 Å². The molecule has 0 amide bonds. The Kier molecular flexibility index (Phi) is 6.63. The molecule has 0 aliphatic heterocycles. The van der Waals surface area contributed by atoms with E-state index in [0.717, 1.165) is 20.9 Å². The van der Waals surface area contributed by atoms with E-state index in [-0.39, 0.29) is 18.4 Å². The Labute approximate surface area is 175 Å². The molecule has 2 aromatic carbocycles. The monoisotopic (exact) mass is 454 g/mol. The molecule has 0 aliphatic carbocycles. The summed E-state index contributed by atoms with van der Waals surface area (Å²) in [6.07, 6.45) is 1.57. The predicted octanol–water partition coefficient (Wildman–Crippen LogP) is 4.91. The molecule has 0 aliphatic rings. The van der Waals surface area contributed by atoms with E-state index in [4.69, 9.17) is 5.11 Å². The van der Waals surface area contributed by atoms with Crippen LogP contribution in [0.5, 0.6) is 5.88 Å². The Bertz CT molecular complexity index is 1140. The zero-order valence-corrected chi connectivity index (χ0v) is 17.4. The molecule has 29 heavy (non-hydrogen) atoms. The van der Waals surface area contributed by atoms with Crippen LogP contribution in [0.15, 0.2) is 69.4 Å². The molecule has 0 fully saturated rings. The highest BCUT2D eigenvalue weighted by atomic mass is 79.9. The molecule has 0 saturated carbocycles. The Morgan fingerprint density at radius 1 is 1.10 bits per heavy atom. The maximum atomic E-state index is 10.4. The first-order valence-corrected chi connectivity index (χ1v) is 9.59. The van der Waals surface area contributed by atoms with Gasteiger partial charge in [0.2, 0.25) is 5.88 Å². The normalized spacial score (nSPS) is 10.9. The lowest BCUT2D eigenvalue weighted by atomic mass is 10.2. The van der Waals surface area contributed by atoms with Crippen LogP contribution in [0.4, 0.5) is 11.6 Å². The number of aryl methyl sites for hydroxylation is 1. The average Bonchev–Trinajstić information content (AvgIpc) is 2.97. The molecule has 148 valence electrons. The van der Waals surface area contributed by atoms with Crippen LogP contribution in [0, 0.1) is 0 Å². The lowest BCUT2D eigenvalue weighted by Gasteiger charge is -1.99. The van der Waals surface area contributed by atoms with Crippen molar-refractivity contribution in [3.8, 4) is 17.1 Å². The second-order valence-electron chi connectivity index (χ2n) is 5.92. The second kappa shape index (κ2) is 9.35. The number of benzene rings is 2. The first-order valence-electron chi connectivity index (χ1n) is 8.79. The van der Waals surface area contributed by atoms with E-state index in [1.807, 2.05) is 48.5 Å². The number of hydrogen-bond donors (Lipinski definition) is 2. The molecular formula is C20H19BrN6O2. The lowest BCUT2D eigenvalue weighted by molar-refractivity contribution is 0.318. The number of aliphatic hydroxyl groups excluding tert-OH is 1. The topological polar surface area (TPSA) is 109 Å². The van der Waals surface area contributed by atoms with Gasteiger partial charge in [0.15, 0.2) is 5.69 Å². The summed E-state index contributed by atoms with van der Waals surface area (Å²) >= 11 is 3.43. The lowest BCUT2D eigenvalue weighted by Crippen LogP contribution is -1.89. The molecule has 0 bridgehead atoms. The predicted molar refractivity (Wildman–Crippen MR) is 114 cm³/mol. The minimum atomic E-state index is 0.0222. The van der Waals surface area contributed by atoms with Gasteiger partial charge in [-0.1, -0.05) is 46.3 Å². The molecule has 9 heteroatoms. The number of nitrogens with zero attached hydrogens (tertiary/aromatic N) is 6. The summed E-state index contributed by atoms with van der Waals surface area (Å²) in [5.41, 5.74) is 2.77. The summed E-state index contributed by atoms with van der Waals surface area (Å²) in [5, 5.41) is 34.8. The fourth-order valence-corrected chi connectivity index (χ4v) is 3.02. The number of aromatic nitrogens is 4. The first-order chi connectivity index (χ1) is 14.0. The SMILES string of the molecule is CCO.Cn1c(O)c(N=Nc2nncc(-c3ccccc3)n2)c2cc(Br)ccc21. The van der Waals surface area contributed by atoms with Gasteiger partial charge in [0.1, 0.15) is 0 Å². The Balaban J connectivity index is 0.000000755. The van der Waals surface area contributed by atoms with Crippen LogP contribution < -0.4 is 0 Å². The van der Waals surface area contributed by atoms with E-state index in [1.54, 1.807) is 24.7 Å². The van der Waals surface area contributed by atoms with E-state index >= 15 is 0 Å². The number of aliphatic hydroxyl groups is 1. The van der Waals surface area contributed by atoms with Crippen LogP contribution in [0.25, 0.3) is 22.2 Å². The summed E-state index contributed by atoms with van der Waals surface area (Å²) in [6, 6.07) is 15.3. The molecule has 0 unspecified atom stereocenters. The number of halogens is 1. The third-order valence-corrected chi connectivity index (χ3v) is 4.45. The highest BCUT2D eigenvalue weighted by Crippen LogP contribution is 2.39. The van der Waals surface area contributed by atoms with E-state index in [9.17, 15) is 5.11 Å². The molecule has 0 saturated heterocycles. The quantitative estimate of drug-likeness (QED) is 0.427. The molecule has 8 nitrogen and oxygen atoms in total. The Morgan fingerprint density at radius 3 is 2.55 bits per heavy atom. The van der Waals surface area contributed by atoms with Crippen molar-refractivity contribution >= 4 is 38.5 Å². The molecule has 0 radical (unpaired) electrons. The van der Waals surface area contributed by atoms with Gasteiger partial charge in [0, 0.05) is 29.1 Å². The zero-order valence-electron chi connectivity index (χ0n) is 15.9. The van der Waals surface area contributed by atoms with Crippen molar-refractivity contribution in [2.24, 2.45) is 17.3 Å². The van der Waals surface area contributed by atoms with Gasteiger partial charge in [0.25, 0.3) is 5.95 Å². The zero-order chi connectivity index (χ0) is 20.8. The summed E-state index contributed by atoms with van der Waals surface area (Å²) in [5.74, 6) is 0.145. The number of rotatable bonds is 3. The molecule has 4 aromatic rings. The van der Waals surface area contributed by atoms with Crippen molar-refractivity contribution < 1.29 is 10.2 Å². The number of aromatic hydroxyl groups is 1. The highest BCUT2D eigenvalue weighted by Gasteiger charge is 2.14. The van der Waals surface area contributed by atoms with E-state index in [1.165, 1.54) is 0 Å². The standard InChI is InChI=1S/C18H13BrN6O.C2H6O/c1-25-15-8-7-12(19)9-13(15)16(17(25)26)22-24-18-21-14(10-20-23-18)11-5-3-2-4-6-11;1-2-3/h2-10,26H,1H3;3H,2H2,1H3. The highest BCUT2D eigenvalue weighted by molar-refractivity contribution is 9.10.